The van der Waals surface area contributed by atoms with Crippen LogP contribution in [0.3, 0.4) is 0 Å². The summed E-state index contributed by atoms with van der Waals surface area (Å²) < 4.78 is 5.76. The van der Waals surface area contributed by atoms with Crippen LogP contribution in [0, 0.1) is 0 Å². The summed E-state index contributed by atoms with van der Waals surface area (Å²) in [6.45, 7) is 6.58. The van der Waals surface area contributed by atoms with Gasteiger partial charge in [-0.05, 0) is 19.1 Å². The third-order valence-corrected chi connectivity index (χ3v) is 5.25. The van der Waals surface area contributed by atoms with Crippen LogP contribution < -0.4 is 10.9 Å². The molecule has 10 heteroatoms. The molecule has 1 unspecified atom stereocenters. The number of fused-ring (bicyclic) bond motifs is 1. The molecule has 29 heavy (non-hydrogen) atoms. The van der Waals surface area contributed by atoms with Gasteiger partial charge in [0.1, 0.15) is 11.9 Å². The van der Waals surface area contributed by atoms with Crippen LogP contribution in [-0.4, -0.2) is 77.2 Å². The van der Waals surface area contributed by atoms with Gasteiger partial charge >= 0.3 is 0 Å². The first kappa shape index (κ1) is 23.6. The van der Waals surface area contributed by atoms with Crippen LogP contribution in [0.1, 0.15) is 12.7 Å². The van der Waals surface area contributed by atoms with Gasteiger partial charge in [-0.2, -0.15) is 0 Å². The number of halogens is 2. The summed E-state index contributed by atoms with van der Waals surface area (Å²) >= 11 is 0. The molecule has 2 fully saturated rings. The fourth-order valence-electron chi connectivity index (χ4n) is 3.77. The minimum absolute atomic E-state index is 0. The standard InChI is InChI=1S/C19H25N5O3.2ClH/c1-13-10-20-6-7-24(13)19(26)16-11-23(8-9-27-16)12-17-21-15-5-3-2-4-14(15)18(25)22-17;;/h2-5,13,16,20H,6-12H2,1H3,(H,21,22,25);2*1H/t13-,16?;;/m1../s1. The zero-order chi connectivity index (χ0) is 18.8. The number of hydrogen-bond donors (Lipinski definition) is 2. The zero-order valence-electron chi connectivity index (χ0n) is 16.3. The van der Waals surface area contributed by atoms with E-state index in [1.54, 1.807) is 6.07 Å². The zero-order valence-corrected chi connectivity index (χ0v) is 17.9. The Morgan fingerprint density at radius 1 is 1.28 bits per heavy atom. The quantitative estimate of drug-likeness (QED) is 0.728. The van der Waals surface area contributed by atoms with E-state index in [0.717, 1.165) is 13.1 Å². The lowest BCUT2D eigenvalue weighted by atomic mass is 10.1. The number of morpholine rings is 1. The van der Waals surface area contributed by atoms with Gasteiger partial charge in [-0.3, -0.25) is 14.5 Å². The smallest absolute Gasteiger partial charge is 0.258 e. The molecule has 0 saturated carbocycles. The van der Waals surface area contributed by atoms with Crippen molar-refractivity contribution in [2.24, 2.45) is 0 Å². The van der Waals surface area contributed by atoms with Crippen molar-refractivity contribution in [1.29, 1.82) is 0 Å². The monoisotopic (exact) mass is 443 g/mol. The second kappa shape index (κ2) is 10.4. The summed E-state index contributed by atoms with van der Waals surface area (Å²) in [4.78, 5) is 36.6. The Morgan fingerprint density at radius 3 is 2.86 bits per heavy atom. The Kier molecular flexibility index (Phi) is 8.42. The van der Waals surface area contributed by atoms with Crippen LogP contribution in [0.25, 0.3) is 10.9 Å². The topological polar surface area (TPSA) is 90.6 Å². The highest BCUT2D eigenvalue weighted by molar-refractivity contribution is 5.85. The highest BCUT2D eigenvalue weighted by atomic mass is 35.5. The van der Waals surface area contributed by atoms with Gasteiger partial charge in [-0.1, -0.05) is 12.1 Å². The number of hydrogen-bond acceptors (Lipinski definition) is 6. The normalized spacial score (nSPS) is 22.6. The summed E-state index contributed by atoms with van der Waals surface area (Å²) in [5.41, 5.74) is 0.554. The van der Waals surface area contributed by atoms with Gasteiger partial charge in [0.15, 0.2) is 0 Å². The van der Waals surface area contributed by atoms with Crippen LogP contribution in [0.4, 0.5) is 0 Å². The molecule has 0 radical (unpaired) electrons. The lowest BCUT2D eigenvalue weighted by molar-refractivity contribution is -0.152. The van der Waals surface area contributed by atoms with E-state index in [2.05, 4.69) is 20.2 Å². The molecule has 2 N–H and O–H groups in total. The highest BCUT2D eigenvalue weighted by Gasteiger charge is 2.33. The van der Waals surface area contributed by atoms with E-state index in [1.807, 2.05) is 30.0 Å². The van der Waals surface area contributed by atoms with Crippen molar-refractivity contribution in [1.82, 2.24) is 25.1 Å². The molecule has 2 atom stereocenters. The maximum absolute atomic E-state index is 12.9. The fraction of sp³-hybridized carbons (Fsp3) is 0.526. The predicted octanol–water partition coefficient (Wildman–Crippen LogP) is 0.788. The first-order valence-corrected chi connectivity index (χ1v) is 9.45. The molecule has 8 nitrogen and oxygen atoms in total. The molecular formula is C19H27Cl2N5O3. The van der Waals surface area contributed by atoms with Crippen molar-refractivity contribution in [2.45, 2.75) is 25.6 Å². The largest absolute Gasteiger partial charge is 0.366 e. The van der Waals surface area contributed by atoms with Crippen molar-refractivity contribution >= 4 is 41.6 Å². The summed E-state index contributed by atoms with van der Waals surface area (Å²) in [5.74, 6) is 0.663. The molecule has 2 saturated heterocycles. The minimum atomic E-state index is -0.466. The van der Waals surface area contributed by atoms with Crippen LogP contribution >= 0.6 is 24.8 Å². The average Bonchev–Trinajstić information content (AvgIpc) is 2.68. The number of carbonyl (C=O) groups is 1. The van der Waals surface area contributed by atoms with E-state index in [0.29, 0.717) is 49.5 Å². The van der Waals surface area contributed by atoms with E-state index in [9.17, 15) is 9.59 Å². The van der Waals surface area contributed by atoms with Gasteiger partial charge in [-0.25, -0.2) is 4.98 Å². The molecule has 1 aromatic carbocycles. The number of nitrogens with zero attached hydrogens (tertiary/aromatic N) is 3. The van der Waals surface area contributed by atoms with E-state index in [4.69, 9.17) is 4.74 Å². The molecule has 160 valence electrons. The Morgan fingerprint density at radius 2 is 2.07 bits per heavy atom. The first-order valence-electron chi connectivity index (χ1n) is 9.45. The number of benzene rings is 1. The van der Waals surface area contributed by atoms with Crippen molar-refractivity contribution < 1.29 is 9.53 Å². The third-order valence-electron chi connectivity index (χ3n) is 5.25. The molecule has 2 aliphatic rings. The number of aromatic nitrogens is 2. The van der Waals surface area contributed by atoms with Crippen molar-refractivity contribution in [3.8, 4) is 0 Å². The molecule has 2 aromatic rings. The van der Waals surface area contributed by atoms with Crippen LogP contribution in [0.2, 0.25) is 0 Å². The number of carbonyl (C=O) groups excluding carboxylic acids is 1. The average molecular weight is 444 g/mol. The number of nitrogens with one attached hydrogen (secondary N) is 2. The van der Waals surface area contributed by atoms with E-state index in [-0.39, 0.29) is 42.3 Å². The van der Waals surface area contributed by atoms with Gasteiger partial charge in [-0.15, -0.1) is 24.8 Å². The Balaban J connectivity index is 0.00000150. The Labute approximate surface area is 181 Å². The molecule has 2 aliphatic heterocycles. The van der Waals surface area contributed by atoms with Crippen LogP contribution in [-0.2, 0) is 16.1 Å². The molecule has 3 heterocycles. The van der Waals surface area contributed by atoms with Crippen molar-refractivity contribution in [3.05, 3.63) is 40.4 Å². The molecule has 4 rings (SSSR count). The highest BCUT2D eigenvalue weighted by Crippen LogP contribution is 2.14. The molecule has 0 aliphatic carbocycles. The van der Waals surface area contributed by atoms with Gasteiger partial charge in [0.2, 0.25) is 0 Å². The molecule has 1 amide bonds. The summed E-state index contributed by atoms with van der Waals surface area (Å²) in [5, 5.41) is 3.88. The van der Waals surface area contributed by atoms with Gasteiger partial charge in [0.05, 0.1) is 24.1 Å². The Bertz CT molecular complexity index is 894. The molecule has 1 aromatic heterocycles. The fourth-order valence-corrected chi connectivity index (χ4v) is 3.77. The molecule has 0 bridgehead atoms. The second-order valence-corrected chi connectivity index (χ2v) is 7.21. The van der Waals surface area contributed by atoms with E-state index >= 15 is 0 Å². The maximum Gasteiger partial charge on any atom is 0.258 e. The minimum Gasteiger partial charge on any atom is -0.366 e. The van der Waals surface area contributed by atoms with Gasteiger partial charge in [0.25, 0.3) is 11.5 Å². The number of rotatable bonds is 3. The Hall–Kier alpha value is -1.71. The number of ether oxygens (including phenoxy) is 1. The molecular weight excluding hydrogens is 417 g/mol. The number of amides is 1. The van der Waals surface area contributed by atoms with E-state index in [1.165, 1.54) is 0 Å². The SMILES string of the molecule is C[C@@H]1CNCCN1C(=O)C1CN(Cc2nc3ccccc3c(=O)[nH]2)CCO1.Cl.Cl. The lowest BCUT2D eigenvalue weighted by Crippen LogP contribution is -2.58. The number of H-pyrrole nitrogens is 1. The summed E-state index contributed by atoms with van der Waals surface area (Å²) in [6.07, 6.45) is -0.466. The second-order valence-electron chi connectivity index (χ2n) is 7.21. The van der Waals surface area contributed by atoms with E-state index < -0.39 is 6.10 Å². The van der Waals surface area contributed by atoms with Crippen molar-refractivity contribution in [2.75, 3.05) is 39.3 Å². The molecule has 0 spiro atoms. The predicted molar refractivity (Wildman–Crippen MR) is 116 cm³/mol. The number of aromatic amines is 1. The third kappa shape index (κ3) is 5.26. The van der Waals surface area contributed by atoms with Gasteiger partial charge < -0.3 is 19.9 Å². The van der Waals surface area contributed by atoms with Gasteiger partial charge in [0, 0.05) is 38.8 Å². The van der Waals surface area contributed by atoms with Crippen LogP contribution in [0.15, 0.2) is 29.1 Å². The number of piperazine rings is 1. The maximum atomic E-state index is 12.9. The summed E-state index contributed by atoms with van der Waals surface area (Å²) in [7, 11) is 0. The lowest BCUT2D eigenvalue weighted by Gasteiger charge is -2.39. The number of para-hydroxylation sites is 1. The van der Waals surface area contributed by atoms with Crippen molar-refractivity contribution in [3.63, 3.8) is 0 Å². The first-order chi connectivity index (χ1) is 13.1. The summed E-state index contributed by atoms with van der Waals surface area (Å²) in [6, 6.07) is 7.48. The van der Waals surface area contributed by atoms with Crippen LogP contribution in [0.5, 0.6) is 0 Å².